The van der Waals surface area contributed by atoms with E-state index in [1.807, 2.05) is 30.3 Å². The van der Waals surface area contributed by atoms with Crippen molar-refractivity contribution in [2.24, 2.45) is 0 Å². The largest absolute Gasteiger partial charge is 0.504 e. The molecule has 1 aliphatic rings. The molecule has 102 valence electrons. The standard InChI is InChI=1S/C16H14BrNO2/c17-8-2-7-14-15-11(5-3-9-18-15)10-12-4-1-6-13(19)16(12)20-14/h1,3-7,9,19H,2,8,10H2. The molecule has 1 aliphatic heterocycles. The maximum atomic E-state index is 10.0. The minimum atomic E-state index is 0.167. The topological polar surface area (TPSA) is 42.4 Å². The van der Waals surface area contributed by atoms with Crippen molar-refractivity contribution < 1.29 is 9.84 Å². The van der Waals surface area contributed by atoms with Crippen LogP contribution < -0.4 is 4.74 Å². The van der Waals surface area contributed by atoms with Crippen molar-refractivity contribution in [1.82, 2.24) is 4.98 Å². The molecule has 20 heavy (non-hydrogen) atoms. The Bertz CT molecular complexity index is 667. The summed E-state index contributed by atoms with van der Waals surface area (Å²) in [6.07, 6.45) is 5.31. The average molecular weight is 332 g/mol. The minimum Gasteiger partial charge on any atom is -0.504 e. The van der Waals surface area contributed by atoms with Gasteiger partial charge in [-0.2, -0.15) is 0 Å². The van der Waals surface area contributed by atoms with E-state index in [0.717, 1.165) is 28.6 Å². The van der Waals surface area contributed by atoms with Gasteiger partial charge in [0.15, 0.2) is 11.5 Å². The molecule has 1 N–H and O–H groups in total. The van der Waals surface area contributed by atoms with Gasteiger partial charge >= 0.3 is 0 Å². The van der Waals surface area contributed by atoms with Crippen molar-refractivity contribution >= 4 is 21.7 Å². The fraction of sp³-hybridized carbons (Fsp3) is 0.188. The third-order valence-electron chi connectivity index (χ3n) is 3.23. The first-order valence-corrected chi connectivity index (χ1v) is 7.61. The number of ether oxygens (including phenoxy) is 1. The van der Waals surface area contributed by atoms with Crippen molar-refractivity contribution in [3.05, 3.63) is 59.4 Å². The second-order valence-electron chi connectivity index (χ2n) is 4.60. The van der Waals surface area contributed by atoms with Crippen LogP contribution in [0.4, 0.5) is 0 Å². The van der Waals surface area contributed by atoms with Crippen molar-refractivity contribution in [2.45, 2.75) is 12.8 Å². The lowest BCUT2D eigenvalue weighted by Gasteiger charge is -2.10. The summed E-state index contributed by atoms with van der Waals surface area (Å²) in [6.45, 7) is 0. The summed E-state index contributed by atoms with van der Waals surface area (Å²) in [5, 5.41) is 10.9. The Balaban J connectivity index is 2.15. The van der Waals surface area contributed by atoms with Crippen molar-refractivity contribution in [1.29, 1.82) is 0 Å². The van der Waals surface area contributed by atoms with Crippen LogP contribution in [0.5, 0.6) is 11.5 Å². The summed E-state index contributed by atoms with van der Waals surface area (Å²) in [6, 6.07) is 9.42. The molecule has 4 heteroatoms. The lowest BCUT2D eigenvalue weighted by Crippen LogP contribution is -1.99. The Morgan fingerprint density at radius 3 is 2.95 bits per heavy atom. The molecular formula is C16H14BrNO2. The van der Waals surface area contributed by atoms with Gasteiger partial charge in [-0.1, -0.05) is 34.1 Å². The zero-order valence-corrected chi connectivity index (χ0v) is 12.4. The summed E-state index contributed by atoms with van der Waals surface area (Å²) in [5.41, 5.74) is 2.93. The zero-order chi connectivity index (χ0) is 13.9. The number of aromatic hydroxyl groups is 1. The molecule has 0 bridgehead atoms. The van der Waals surface area contributed by atoms with Crippen LogP contribution >= 0.6 is 15.9 Å². The normalized spacial score (nSPS) is 15.2. The van der Waals surface area contributed by atoms with Crippen LogP contribution in [0.25, 0.3) is 5.76 Å². The minimum absolute atomic E-state index is 0.167. The highest BCUT2D eigenvalue weighted by molar-refractivity contribution is 9.09. The van der Waals surface area contributed by atoms with Crippen LogP contribution in [0, 0.1) is 0 Å². The zero-order valence-electron chi connectivity index (χ0n) is 10.8. The number of halogens is 1. The second kappa shape index (κ2) is 5.67. The van der Waals surface area contributed by atoms with E-state index in [9.17, 15) is 5.11 Å². The highest BCUT2D eigenvalue weighted by Crippen LogP contribution is 2.38. The number of rotatable bonds is 2. The smallest absolute Gasteiger partial charge is 0.172 e. The van der Waals surface area contributed by atoms with Crippen LogP contribution in [0.1, 0.15) is 23.2 Å². The maximum absolute atomic E-state index is 10.0. The van der Waals surface area contributed by atoms with E-state index in [-0.39, 0.29) is 5.75 Å². The Morgan fingerprint density at radius 1 is 1.25 bits per heavy atom. The lowest BCUT2D eigenvalue weighted by atomic mass is 10.0. The summed E-state index contributed by atoms with van der Waals surface area (Å²) in [4.78, 5) is 4.44. The maximum Gasteiger partial charge on any atom is 0.172 e. The van der Waals surface area contributed by atoms with E-state index in [1.165, 1.54) is 0 Å². The molecule has 0 fully saturated rings. The molecule has 1 aromatic heterocycles. The van der Waals surface area contributed by atoms with Gasteiger partial charge in [-0.3, -0.25) is 4.98 Å². The van der Waals surface area contributed by atoms with Gasteiger partial charge in [0.1, 0.15) is 11.5 Å². The van der Waals surface area contributed by atoms with E-state index < -0.39 is 0 Å². The van der Waals surface area contributed by atoms with Crippen molar-refractivity contribution in [2.75, 3.05) is 5.33 Å². The van der Waals surface area contributed by atoms with E-state index in [1.54, 1.807) is 12.3 Å². The first-order chi connectivity index (χ1) is 9.79. The lowest BCUT2D eigenvalue weighted by molar-refractivity contribution is 0.421. The molecule has 0 aliphatic carbocycles. The molecule has 2 heterocycles. The monoisotopic (exact) mass is 331 g/mol. The summed E-state index contributed by atoms with van der Waals surface area (Å²) in [7, 11) is 0. The van der Waals surface area contributed by atoms with Gasteiger partial charge in [-0.15, -0.1) is 0 Å². The molecule has 0 unspecified atom stereocenters. The van der Waals surface area contributed by atoms with Crippen LogP contribution in [0.15, 0.2) is 42.6 Å². The number of phenols is 1. The first-order valence-electron chi connectivity index (χ1n) is 6.48. The molecule has 3 nitrogen and oxygen atoms in total. The number of allylic oxidation sites excluding steroid dienone is 1. The molecular weight excluding hydrogens is 318 g/mol. The van der Waals surface area contributed by atoms with Gasteiger partial charge < -0.3 is 9.84 Å². The van der Waals surface area contributed by atoms with Gasteiger partial charge in [0.25, 0.3) is 0 Å². The second-order valence-corrected chi connectivity index (χ2v) is 5.39. The van der Waals surface area contributed by atoms with Gasteiger partial charge in [0, 0.05) is 23.5 Å². The number of aromatic nitrogens is 1. The van der Waals surface area contributed by atoms with E-state index in [2.05, 4.69) is 20.9 Å². The number of hydrogen-bond donors (Lipinski definition) is 1. The quantitative estimate of drug-likeness (QED) is 0.848. The fourth-order valence-electron chi connectivity index (χ4n) is 2.32. The predicted molar refractivity (Wildman–Crippen MR) is 82.2 cm³/mol. The van der Waals surface area contributed by atoms with Gasteiger partial charge in [0.05, 0.1) is 0 Å². The number of benzene rings is 1. The summed E-state index contributed by atoms with van der Waals surface area (Å²) >= 11 is 3.41. The molecule has 0 spiro atoms. The highest BCUT2D eigenvalue weighted by atomic mass is 79.9. The number of alkyl halides is 1. The molecule has 1 aromatic carbocycles. The Morgan fingerprint density at radius 2 is 2.10 bits per heavy atom. The van der Waals surface area contributed by atoms with Crippen molar-refractivity contribution in [3.8, 4) is 11.5 Å². The Kier molecular flexibility index (Phi) is 3.74. The number of pyridine rings is 1. The third-order valence-corrected chi connectivity index (χ3v) is 3.69. The molecule has 3 rings (SSSR count). The molecule has 2 aromatic rings. The number of para-hydroxylation sites is 1. The molecule has 0 atom stereocenters. The van der Waals surface area contributed by atoms with Gasteiger partial charge in [-0.05, 0) is 30.2 Å². The number of phenolic OH excluding ortho intramolecular Hbond substituents is 1. The van der Waals surface area contributed by atoms with E-state index in [0.29, 0.717) is 17.9 Å². The summed E-state index contributed by atoms with van der Waals surface area (Å²) < 4.78 is 5.94. The molecule has 0 radical (unpaired) electrons. The van der Waals surface area contributed by atoms with Crippen LogP contribution in [-0.4, -0.2) is 15.4 Å². The van der Waals surface area contributed by atoms with E-state index >= 15 is 0 Å². The van der Waals surface area contributed by atoms with Crippen LogP contribution in [-0.2, 0) is 6.42 Å². The average Bonchev–Trinajstić information content (AvgIpc) is 2.62. The first kappa shape index (κ1) is 13.2. The van der Waals surface area contributed by atoms with E-state index in [4.69, 9.17) is 4.74 Å². The third kappa shape index (κ3) is 2.43. The number of fused-ring (bicyclic) bond motifs is 2. The molecule has 0 amide bonds. The highest BCUT2D eigenvalue weighted by Gasteiger charge is 2.21. The fourth-order valence-corrected chi connectivity index (χ4v) is 2.55. The molecule has 0 saturated heterocycles. The number of hydrogen-bond acceptors (Lipinski definition) is 3. The number of nitrogens with zero attached hydrogens (tertiary/aromatic N) is 1. The predicted octanol–water partition coefficient (Wildman–Crippen LogP) is 3.90. The van der Waals surface area contributed by atoms with Crippen molar-refractivity contribution in [3.63, 3.8) is 0 Å². The SMILES string of the molecule is Oc1cccc2c1OC(=CCCBr)c1ncccc1C2. The Labute approximate surface area is 126 Å². The van der Waals surface area contributed by atoms with Gasteiger partial charge in [0.2, 0.25) is 0 Å². The Hall–Kier alpha value is -1.81. The summed E-state index contributed by atoms with van der Waals surface area (Å²) in [5.74, 6) is 1.41. The van der Waals surface area contributed by atoms with Crippen LogP contribution in [0.2, 0.25) is 0 Å². The van der Waals surface area contributed by atoms with Gasteiger partial charge in [-0.25, -0.2) is 0 Å². The van der Waals surface area contributed by atoms with Crippen LogP contribution in [0.3, 0.4) is 0 Å². The molecule has 0 saturated carbocycles.